The Morgan fingerprint density at radius 1 is 1.41 bits per heavy atom. The van der Waals surface area contributed by atoms with Crippen molar-refractivity contribution < 1.29 is 14.4 Å². The molecule has 124 valence electrons. The second kappa shape index (κ2) is 8.63. The molecule has 0 radical (unpaired) electrons. The van der Waals surface area contributed by atoms with Crippen LogP contribution < -0.4 is 5.32 Å². The molecule has 0 aromatic carbocycles. The van der Waals surface area contributed by atoms with Gasteiger partial charge in [-0.1, -0.05) is 6.92 Å². The van der Waals surface area contributed by atoms with Gasteiger partial charge in [0.25, 0.3) is 5.91 Å². The maximum Gasteiger partial charge on any atom is 0.256 e. The van der Waals surface area contributed by atoms with Crippen LogP contribution >= 0.6 is 0 Å². The Balaban J connectivity index is 2.67. The average Bonchev–Trinajstić information content (AvgIpc) is 2.43. The summed E-state index contributed by atoms with van der Waals surface area (Å²) in [5, 5.41) is 2.59. The Morgan fingerprint density at radius 3 is 2.68 bits per heavy atom. The minimum absolute atomic E-state index is 0.00551. The van der Waals surface area contributed by atoms with Crippen LogP contribution in [-0.2, 0) is 14.4 Å². The van der Waals surface area contributed by atoms with Gasteiger partial charge in [-0.05, 0) is 26.4 Å². The molecule has 1 aliphatic rings. The van der Waals surface area contributed by atoms with E-state index in [1.165, 1.54) is 0 Å². The number of amides is 3. The third-order valence-electron chi connectivity index (χ3n) is 3.61. The van der Waals surface area contributed by atoms with Gasteiger partial charge in [0, 0.05) is 33.0 Å². The van der Waals surface area contributed by atoms with Crippen LogP contribution in [0.1, 0.15) is 32.6 Å². The normalized spacial score (nSPS) is 16.8. The number of amidine groups is 1. The van der Waals surface area contributed by atoms with E-state index in [0.29, 0.717) is 38.2 Å². The zero-order chi connectivity index (χ0) is 16.7. The molecule has 0 bridgehead atoms. The average molecular weight is 310 g/mol. The van der Waals surface area contributed by atoms with Crippen molar-refractivity contribution in [3.63, 3.8) is 0 Å². The summed E-state index contributed by atoms with van der Waals surface area (Å²) in [6.45, 7) is 3.24. The Hall–Kier alpha value is -1.76. The molecule has 1 atom stereocenters. The summed E-state index contributed by atoms with van der Waals surface area (Å²) in [7, 11) is 5.48. The topological polar surface area (TPSA) is 82.1 Å². The Bertz CT molecular complexity index is 460. The number of likely N-dealkylation sites (N-methyl/N-ethyl adjacent to an activating group) is 1. The third-order valence-corrected chi connectivity index (χ3v) is 3.61. The zero-order valence-electron chi connectivity index (χ0n) is 13.9. The van der Waals surface area contributed by atoms with Crippen LogP contribution in [0.25, 0.3) is 0 Å². The standard InChI is InChI=1S/C15H26N4O3/c1-11(5-6-13(20)16-2)9-12-17-14(21)10-15(22)19(12)8-7-18(3)4/h11H,5-10H2,1-4H3,(H,16,20)/t11-/m0/s1. The molecule has 0 aromatic rings. The van der Waals surface area contributed by atoms with Crippen molar-refractivity contribution in [2.24, 2.45) is 10.9 Å². The van der Waals surface area contributed by atoms with E-state index < -0.39 is 0 Å². The first-order chi connectivity index (χ1) is 10.3. The van der Waals surface area contributed by atoms with Crippen LogP contribution in [0.3, 0.4) is 0 Å². The van der Waals surface area contributed by atoms with E-state index in [1.54, 1.807) is 11.9 Å². The van der Waals surface area contributed by atoms with Gasteiger partial charge >= 0.3 is 0 Å². The van der Waals surface area contributed by atoms with Crippen molar-refractivity contribution in [1.82, 2.24) is 15.1 Å². The molecule has 1 rings (SSSR count). The SMILES string of the molecule is CNC(=O)CC[C@H](C)CC1=NC(=O)CC(=O)N1CCN(C)C. The maximum atomic E-state index is 12.1. The summed E-state index contributed by atoms with van der Waals surface area (Å²) in [6, 6.07) is 0. The number of nitrogens with one attached hydrogen (secondary N) is 1. The molecule has 7 heteroatoms. The van der Waals surface area contributed by atoms with Crippen molar-refractivity contribution in [2.75, 3.05) is 34.2 Å². The molecule has 7 nitrogen and oxygen atoms in total. The van der Waals surface area contributed by atoms with Gasteiger partial charge in [0.1, 0.15) is 12.3 Å². The highest BCUT2D eigenvalue weighted by molar-refractivity contribution is 6.13. The van der Waals surface area contributed by atoms with Crippen molar-refractivity contribution in [2.45, 2.75) is 32.6 Å². The molecule has 0 spiro atoms. The molecule has 0 aliphatic carbocycles. The summed E-state index contributed by atoms with van der Waals surface area (Å²) < 4.78 is 0. The number of hydrogen-bond donors (Lipinski definition) is 1. The Labute approximate surface area is 131 Å². The van der Waals surface area contributed by atoms with E-state index in [0.717, 1.165) is 0 Å². The molecule has 0 saturated carbocycles. The molecule has 0 fully saturated rings. The molecule has 0 saturated heterocycles. The third kappa shape index (κ3) is 5.93. The first kappa shape index (κ1) is 18.3. The van der Waals surface area contributed by atoms with E-state index in [4.69, 9.17) is 0 Å². The molecule has 0 unspecified atom stereocenters. The molecular weight excluding hydrogens is 284 g/mol. The van der Waals surface area contributed by atoms with Gasteiger partial charge in [0.05, 0.1) is 0 Å². The zero-order valence-corrected chi connectivity index (χ0v) is 13.9. The lowest BCUT2D eigenvalue weighted by Crippen LogP contribution is -2.45. The van der Waals surface area contributed by atoms with Crippen molar-refractivity contribution in [3.8, 4) is 0 Å². The number of nitrogens with zero attached hydrogens (tertiary/aromatic N) is 3. The first-order valence-corrected chi connectivity index (χ1v) is 7.59. The highest BCUT2D eigenvalue weighted by atomic mass is 16.2. The van der Waals surface area contributed by atoms with Crippen molar-refractivity contribution in [3.05, 3.63) is 0 Å². The second-order valence-electron chi connectivity index (χ2n) is 5.97. The van der Waals surface area contributed by atoms with Crippen LogP contribution in [-0.4, -0.2) is 67.6 Å². The quantitative estimate of drug-likeness (QED) is 0.652. The van der Waals surface area contributed by atoms with E-state index in [1.807, 2.05) is 25.9 Å². The van der Waals surface area contributed by atoms with E-state index in [2.05, 4.69) is 10.3 Å². The fraction of sp³-hybridized carbons (Fsp3) is 0.733. The highest BCUT2D eigenvalue weighted by Gasteiger charge is 2.28. The molecule has 22 heavy (non-hydrogen) atoms. The minimum atomic E-state index is -0.375. The number of aliphatic imine (C=N–C) groups is 1. The maximum absolute atomic E-state index is 12.1. The van der Waals surface area contributed by atoms with Gasteiger partial charge < -0.3 is 10.2 Å². The molecular formula is C15H26N4O3. The lowest BCUT2D eigenvalue weighted by atomic mass is 9.99. The number of carbonyl (C=O) groups is 3. The van der Waals surface area contributed by atoms with Crippen molar-refractivity contribution >= 4 is 23.6 Å². The fourth-order valence-corrected chi connectivity index (χ4v) is 2.24. The summed E-state index contributed by atoms with van der Waals surface area (Å²) >= 11 is 0. The summed E-state index contributed by atoms with van der Waals surface area (Å²) in [4.78, 5) is 42.5. The fourth-order valence-electron chi connectivity index (χ4n) is 2.24. The van der Waals surface area contributed by atoms with Crippen LogP contribution in [0.4, 0.5) is 0 Å². The Morgan fingerprint density at radius 2 is 2.09 bits per heavy atom. The first-order valence-electron chi connectivity index (χ1n) is 7.59. The van der Waals surface area contributed by atoms with Crippen LogP contribution in [0.5, 0.6) is 0 Å². The molecule has 1 aliphatic heterocycles. The predicted octanol–water partition coefficient (Wildman–Crippen LogP) is 0.258. The lowest BCUT2D eigenvalue weighted by Gasteiger charge is -2.29. The predicted molar refractivity (Wildman–Crippen MR) is 84.4 cm³/mol. The van der Waals surface area contributed by atoms with E-state index in [9.17, 15) is 14.4 Å². The minimum Gasteiger partial charge on any atom is -0.359 e. The monoisotopic (exact) mass is 310 g/mol. The van der Waals surface area contributed by atoms with Gasteiger partial charge in [-0.25, -0.2) is 0 Å². The molecule has 1 heterocycles. The van der Waals surface area contributed by atoms with E-state index in [-0.39, 0.29) is 30.1 Å². The largest absolute Gasteiger partial charge is 0.359 e. The molecule has 3 amide bonds. The van der Waals surface area contributed by atoms with Gasteiger partial charge in [-0.3, -0.25) is 19.3 Å². The highest BCUT2D eigenvalue weighted by Crippen LogP contribution is 2.17. The number of carbonyl (C=O) groups excluding carboxylic acids is 3. The number of hydrogen-bond acceptors (Lipinski definition) is 4. The summed E-state index contributed by atoms with van der Waals surface area (Å²) in [5.74, 6) is 0.146. The van der Waals surface area contributed by atoms with Gasteiger partial charge in [0.15, 0.2) is 0 Å². The van der Waals surface area contributed by atoms with Gasteiger partial charge in [-0.2, -0.15) is 4.99 Å². The molecule has 0 aromatic heterocycles. The van der Waals surface area contributed by atoms with Crippen LogP contribution in [0.15, 0.2) is 4.99 Å². The second-order valence-corrected chi connectivity index (χ2v) is 5.97. The summed E-state index contributed by atoms with van der Waals surface area (Å²) in [6.07, 6.45) is 1.51. The lowest BCUT2D eigenvalue weighted by molar-refractivity contribution is -0.133. The van der Waals surface area contributed by atoms with Crippen LogP contribution in [0.2, 0.25) is 0 Å². The number of rotatable bonds is 8. The Kier molecular flexibility index (Phi) is 7.17. The van der Waals surface area contributed by atoms with E-state index >= 15 is 0 Å². The van der Waals surface area contributed by atoms with Gasteiger partial charge in [0.2, 0.25) is 11.8 Å². The van der Waals surface area contributed by atoms with Gasteiger partial charge in [-0.15, -0.1) is 0 Å². The van der Waals surface area contributed by atoms with Crippen molar-refractivity contribution in [1.29, 1.82) is 0 Å². The smallest absolute Gasteiger partial charge is 0.256 e. The summed E-state index contributed by atoms with van der Waals surface area (Å²) in [5.41, 5.74) is 0. The molecule has 1 N–H and O–H groups in total. The van der Waals surface area contributed by atoms with Crippen LogP contribution in [0, 0.1) is 5.92 Å².